The molecule has 1 saturated heterocycles. The molecule has 2 aromatic carbocycles. The van der Waals surface area contributed by atoms with Gasteiger partial charge >= 0.3 is 5.63 Å². The van der Waals surface area contributed by atoms with E-state index in [0.29, 0.717) is 42.9 Å². The highest BCUT2D eigenvalue weighted by molar-refractivity contribution is 5.88. The number of benzene rings is 2. The first-order valence-corrected chi connectivity index (χ1v) is 10.3. The third-order valence-corrected chi connectivity index (χ3v) is 5.58. The molecule has 6 nitrogen and oxygen atoms in total. The molecule has 2 heterocycles. The molecule has 1 fully saturated rings. The first kappa shape index (κ1) is 20.9. The predicted octanol–water partition coefficient (Wildman–Crippen LogP) is 3.67. The Bertz CT molecular complexity index is 1160. The first-order valence-electron chi connectivity index (χ1n) is 10.3. The molecule has 1 atom stereocenters. The number of carbonyl (C=O) groups is 1. The van der Waals surface area contributed by atoms with Gasteiger partial charge in [0.05, 0.1) is 5.39 Å². The van der Waals surface area contributed by atoms with Gasteiger partial charge in [0, 0.05) is 37.9 Å². The summed E-state index contributed by atoms with van der Waals surface area (Å²) in [5.74, 6) is 0.173. The quantitative estimate of drug-likeness (QED) is 0.598. The van der Waals surface area contributed by atoms with Crippen LogP contribution in [0.4, 0.5) is 10.1 Å². The standard InChI is InChI=1S/C24H25FN2O4/c1-15-12-20(23-16(2)14-22(28)31-21(23)13-15)30-17(3)24(29)27-10-8-26(9-11-27)19-6-4-18(25)5-7-19/h4-7,12-14,17H,8-11H2,1-3H3/t17-/m0/s1. The van der Waals surface area contributed by atoms with E-state index < -0.39 is 11.7 Å². The number of carbonyl (C=O) groups excluding carboxylic acids is 1. The Morgan fingerprint density at radius 1 is 1.06 bits per heavy atom. The monoisotopic (exact) mass is 424 g/mol. The molecular formula is C24H25FN2O4. The highest BCUT2D eigenvalue weighted by Crippen LogP contribution is 2.30. The van der Waals surface area contributed by atoms with Crippen LogP contribution in [0.15, 0.2) is 51.7 Å². The summed E-state index contributed by atoms with van der Waals surface area (Å²) in [4.78, 5) is 28.6. The molecule has 1 aromatic heterocycles. The van der Waals surface area contributed by atoms with Crippen molar-refractivity contribution < 1.29 is 18.3 Å². The van der Waals surface area contributed by atoms with Crippen LogP contribution >= 0.6 is 0 Å². The predicted molar refractivity (Wildman–Crippen MR) is 117 cm³/mol. The summed E-state index contributed by atoms with van der Waals surface area (Å²) in [5, 5.41) is 0.700. The van der Waals surface area contributed by atoms with Crippen LogP contribution in [0.5, 0.6) is 5.75 Å². The maximum atomic E-state index is 13.1. The minimum absolute atomic E-state index is 0.0940. The maximum Gasteiger partial charge on any atom is 0.336 e. The summed E-state index contributed by atoms with van der Waals surface area (Å²) in [5.41, 5.74) is 2.61. The second-order valence-electron chi connectivity index (χ2n) is 7.93. The normalized spacial score (nSPS) is 15.2. The minimum Gasteiger partial charge on any atom is -0.480 e. The Hall–Kier alpha value is -3.35. The fourth-order valence-corrected chi connectivity index (χ4v) is 4.00. The van der Waals surface area contributed by atoms with E-state index in [1.54, 1.807) is 30.0 Å². The number of fused-ring (bicyclic) bond motifs is 1. The molecule has 0 radical (unpaired) electrons. The number of hydrogen-bond acceptors (Lipinski definition) is 5. The van der Waals surface area contributed by atoms with Gasteiger partial charge in [0.1, 0.15) is 17.1 Å². The van der Waals surface area contributed by atoms with E-state index in [-0.39, 0.29) is 11.7 Å². The van der Waals surface area contributed by atoms with Gasteiger partial charge in [-0.3, -0.25) is 4.79 Å². The van der Waals surface area contributed by atoms with Crippen LogP contribution in [0.1, 0.15) is 18.1 Å². The minimum atomic E-state index is -0.686. The fourth-order valence-electron chi connectivity index (χ4n) is 4.00. The van der Waals surface area contributed by atoms with Gasteiger partial charge in [-0.25, -0.2) is 9.18 Å². The number of rotatable bonds is 4. The number of aryl methyl sites for hydroxylation is 2. The summed E-state index contributed by atoms with van der Waals surface area (Å²) >= 11 is 0. The van der Waals surface area contributed by atoms with Crippen molar-refractivity contribution in [3.05, 3.63) is 69.8 Å². The summed E-state index contributed by atoms with van der Waals surface area (Å²) in [6.07, 6.45) is -0.686. The van der Waals surface area contributed by atoms with Crippen molar-refractivity contribution in [1.82, 2.24) is 4.90 Å². The molecule has 31 heavy (non-hydrogen) atoms. The molecule has 0 saturated carbocycles. The summed E-state index contributed by atoms with van der Waals surface area (Å²) < 4.78 is 24.5. The number of anilines is 1. The Kier molecular flexibility index (Phi) is 5.67. The van der Waals surface area contributed by atoms with E-state index in [1.807, 2.05) is 19.9 Å². The Morgan fingerprint density at radius 3 is 2.42 bits per heavy atom. The van der Waals surface area contributed by atoms with Gasteiger partial charge in [0.15, 0.2) is 6.10 Å². The highest BCUT2D eigenvalue weighted by atomic mass is 19.1. The number of ether oxygens (including phenoxy) is 1. The lowest BCUT2D eigenvalue weighted by atomic mass is 10.1. The lowest BCUT2D eigenvalue weighted by molar-refractivity contribution is -0.138. The molecular weight excluding hydrogens is 399 g/mol. The lowest BCUT2D eigenvalue weighted by Gasteiger charge is -2.37. The highest BCUT2D eigenvalue weighted by Gasteiger charge is 2.27. The van der Waals surface area contributed by atoms with Crippen molar-refractivity contribution in [3.63, 3.8) is 0 Å². The molecule has 0 spiro atoms. The number of hydrogen-bond donors (Lipinski definition) is 0. The van der Waals surface area contributed by atoms with Crippen LogP contribution in [-0.2, 0) is 4.79 Å². The van der Waals surface area contributed by atoms with Gasteiger partial charge in [-0.2, -0.15) is 0 Å². The summed E-state index contributed by atoms with van der Waals surface area (Å²) in [6.45, 7) is 7.90. The van der Waals surface area contributed by atoms with Gasteiger partial charge in [0.25, 0.3) is 5.91 Å². The first-order chi connectivity index (χ1) is 14.8. The van der Waals surface area contributed by atoms with Crippen molar-refractivity contribution in [1.29, 1.82) is 0 Å². The Morgan fingerprint density at radius 2 is 1.74 bits per heavy atom. The van der Waals surface area contributed by atoms with E-state index in [4.69, 9.17) is 9.15 Å². The van der Waals surface area contributed by atoms with Crippen LogP contribution in [0.3, 0.4) is 0 Å². The van der Waals surface area contributed by atoms with E-state index in [0.717, 1.165) is 16.8 Å². The zero-order valence-electron chi connectivity index (χ0n) is 17.9. The Balaban J connectivity index is 1.46. The maximum absolute atomic E-state index is 13.1. The van der Waals surface area contributed by atoms with Gasteiger partial charge in [-0.05, 0) is 68.3 Å². The second-order valence-corrected chi connectivity index (χ2v) is 7.93. The van der Waals surface area contributed by atoms with E-state index >= 15 is 0 Å². The summed E-state index contributed by atoms with van der Waals surface area (Å²) in [7, 11) is 0. The molecule has 1 aliphatic heterocycles. The van der Waals surface area contributed by atoms with Crippen molar-refractivity contribution in [2.45, 2.75) is 26.9 Å². The average molecular weight is 424 g/mol. The zero-order valence-corrected chi connectivity index (χ0v) is 17.9. The molecule has 162 valence electrons. The van der Waals surface area contributed by atoms with Crippen molar-refractivity contribution in [2.75, 3.05) is 31.1 Å². The number of amides is 1. The number of nitrogens with zero attached hydrogens (tertiary/aromatic N) is 2. The molecule has 7 heteroatoms. The van der Waals surface area contributed by atoms with E-state index in [9.17, 15) is 14.0 Å². The molecule has 0 aliphatic carbocycles. The second kappa shape index (κ2) is 8.41. The van der Waals surface area contributed by atoms with Crippen LogP contribution < -0.4 is 15.3 Å². The number of piperazine rings is 1. The SMILES string of the molecule is Cc1cc(O[C@@H](C)C(=O)N2CCN(c3ccc(F)cc3)CC2)c2c(C)cc(=O)oc2c1. The molecule has 0 N–H and O–H groups in total. The van der Waals surface area contributed by atoms with Crippen LogP contribution in [0.2, 0.25) is 0 Å². The molecule has 0 bridgehead atoms. The van der Waals surface area contributed by atoms with Crippen LogP contribution in [0, 0.1) is 19.7 Å². The molecule has 4 rings (SSSR count). The van der Waals surface area contributed by atoms with Gasteiger partial charge in [0.2, 0.25) is 0 Å². The van der Waals surface area contributed by atoms with Gasteiger partial charge in [-0.15, -0.1) is 0 Å². The third-order valence-electron chi connectivity index (χ3n) is 5.58. The lowest BCUT2D eigenvalue weighted by Crippen LogP contribution is -2.52. The zero-order chi connectivity index (χ0) is 22.1. The summed E-state index contributed by atoms with van der Waals surface area (Å²) in [6, 6.07) is 11.5. The molecule has 1 amide bonds. The van der Waals surface area contributed by atoms with Crippen LogP contribution in [-0.4, -0.2) is 43.1 Å². The van der Waals surface area contributed by atoms with Gasteiger partial charge < -0.3 is 19.0 Å². The van der Waals surface area contributed by atoms with E-state index in [1.165, 1.54) is 18.2 Å². The molecule has 1 aliphatic rings. The molecule has 3 aromatic rings. The van der Waals surface area contributed by atoms with Crippen molar-refractivity contribution in [2.24, 2.45) is 0 Å². The topological polar surface area (TPSA) is 63.0 Å². The smallest absolute Gasteiger partial charge is 0.336 e. The molecule has 0 unspecified atom stereocenters. The largest absolute Gasteiger partial charge is 0.480 e. The van der Waals surface area contributed by atoms with Crippen molar-refractivity contribution in [3.8, 4) is 5.75 Å². The third kappa shape index (κ3) is 4.40. The Labute approximate surface area is 179 Å². The van der Waals surface area contributed by atoms with E-state index in [2.05, 4.69) is 4.90 Å². The van der Waals surface area contributed by atoms with Gasteiger partial charge in [-0.1, -0.05) is 0 Å². The van der Waals surface area contributed by atoms with Crippen LogP contribution in [0.25, 0.3) is 11.0 Å². The number of halogens is 1. The average Bonchev–Trinajstić information content (AvgIpc) is 2.73. The van der Waals surface area contributed by atoms with Crippen molar-refractivity contribution >= 4 is 22.6 Å². The fraction of sp³-hybridized carbons (Fsp3) is 0.333.